The first kappa shape index (κ1) is 15.0. The van der Waals surface area contributed by atoms with E-state index in [9.17, 15) is 8.42 Å². The van der Waals surface area contributed by atoms with Crippen LogP contribution in [0.1, 0.15) is 37.5 Å². The predicted molar refractivity (Wildman–Crippen MR) is 78.8 cm³/mol. The maximum atomic E-state index is 12.4. The molecule has 0 bridgehead atoms. The molecule has 6 heteroatoms. The van der Waals surface area contributed by atoms with Crippen LogP contribution in [0.2, 0.25) is 0 Å². The van der Waals surface area contributed by atoms with Crippen molar-refractivity contribution in [3.8, 4) is 0 Å². The number of hydrogen-bond donors (Lipinski definition) is 2. The van der Waals surface area contributed by atoms with Crippen LogP contribution < -0.4 is 10.0 Å². The fraction of sp³-hybridized carbons (Fsp3) is 0.692. The van der Waals surface area contributed by atoms with Crippen LogP contribution in [0, 0.1) is 5.41 Å². The zero-order valence-corrected chi connectivity index (χ0v) is 13.2. The Hall–Kier alpha value is -0.430. The van der Waals surface area contributed by atoms with Crippen molar-refractivity contribution < 1.29 is 8.42 Å². The minimum Gasteiger partial charge on any atom is -0.315 e. The Kier molecular flexibility index (Phi) is 4.66. The molecule has 1 fully saturated rings. The van der Waals surface area contributed by atoms with Gasteiger partial charge in [-0.2, -0.15) is 0 Å². The van der Waals surface area contributed by atoms with Crippen LogP contribution in [0.4, 0.5) is 0 Å². The predicted octanol–water partition coefficient (Wildman–Crippen LogP) is 2.33. The lowest BCUT2D eigenvalue weighted by atomic mass is 9.67. The van der Waals surface area contributed by atoms with Crippen molar-refractivity contribution in [3.63, 3.8) is 0 Å². The highest BCUT2D eigenvalue weighted by Gasteiger charge is 2.36. The standard InChI is InChI=1S/C13H22N2O2S2/c1-3-13(6-4-7-13)10-15-19(16,17)12-5-8-18-11(12)9-14-2/h5,8,14-15H,3-4,6-7,9-10H2,1-2H3. The Labute approximate surface area is 119 Å². The molecule has 2 rings (SSSR count). The fourth-order valence-corrected chi connectivity index (χ4v) is 5.13. The van der Waals surface area contributed by atoms with Crippen LogP contribution in [-0.4, -0.2) is 22.0 Å². The van der Waals surface area contributed by atoms with Gasteiger partial charge in [0.2, 0.25) is 10.0 Å². The molecule has 1 aliphatic rings. The van der Waals surface area contributed by atoms with E-state index in [4.69, 9.17) is 0 Å². The van der Waals surface area contributed by atoms with Gasteiger partial charge in [-0.1, -0.05) is 13.3 Å². The fourth-order valence-electron chi connectivity index (χ4n) is 2.52. The zero-order chi connectivity index (χ0) is 13.9. The molecule has 108 valence electrons. The van der Waals surface area contributed by atoms with Gasteiger partial charge in [0.25, 0.3) is 0 Å². The Morgan fingerprint density at radius 2 is 2.16 bits per heavy atom. The highest BCUT2D eigenvalue weighted by Crippen LogP contribution is 2.43. The van der Waals surface area contributed by atoms with Crippen molar-refractivity contribution in [1.29, 1.82) is 0 Å². The van der Waals surface area contributed by atoms with Crippen molar-refractivity contribution in [2.45, 2.75) is 44.0 Å². The van der Waals surface area contributed by atoms with Crippen molar-refractivity contribution >= 4 is 21.4 Å². The van der Waals surface area contributed by atoms with E-state index in [-0.39, 0.29) is 5.41 Å². The normalized spacial score (nSPS) is 18.2. The molecule has 1 heterocycles. The summed E-state index contributed by atoms with van der Waals surface area (Å²) in [5.41, 5.74) is 0.201. The molecule has 1 aliphatic carbocycles. The molecule has 19 heavy (non-hydrogen) atoms. The summed E-state index contributed by atoms with van der Waals surface area (Å²) in [5.74, 6) is 0. The third-order valence-corrected chi connectivity index (χ3v) is 6.67. The minimum atomic E-state index is -3.37. The molecule has 2 N–H and O–H groups in total. The lowest BCUT2D eigenvalue weighted by Crippen LogP contribution is -2.41. The Morgan fingerprint density at radius 1 is 1.42 bits per heavy atom. The van der Waals surface area contributed by atoms with Crippen LogP contribution >= 0.6 is 11.3 Å². The first-order chi connectivity index (χ1) is 9.03. The second-order valence-electron chi connectivity index (χ2n) is 5.27. The summed E-state index contributed by atoms with van der Waals surface area (Å²) in [6, 6.07) is 1.69. The third-order valence-electron chi connectivity index (χ3n) is 4.13. The monoisotopic (exact) mass is 302 g/mol. The van der Waals surface area contributed by atoms with Crippen LogP contribution in [0.5, 0.6) is 0 Å². The van der Waals surface area contributed by atoms with E-state index in [0.717, 1.165) is 24.1 Å². The Bertz CT molecular complexity index is 513. The lowest BCUT2D eigenvalue weighted by Gasteiger charge is -2.41. The second-order valence-corrected chi connectivity index (χ2v) is 8.01. The maximum absolute atomic E-state index is 12.4. The minimum absolute atomic E-state index is 0.201. The number of sulfonamides is 1. The molecule has 0 aromatic carbocycles. The van der Waals surface area contributed by atoms with E-state index < -0.39 is 10.0 Å². The summed E-state index contributed by atoms with van der Waals surface area (Å²) in [7, 11) is -1.55. The van der Waals surface area contributed by atoms with Crippen LogP contribution in [0.15, 0.2) is 16.3 Å². The van der Waals surface area contributed by atoms with E-state index in [1.165, 1.54) is 17.8 Å². The van der Waals surface area contributed by atoms with E-state index in [1.807, 2.05) is 12.4 Å². The van der Waals surface area contributed by atoms with Gasteiger partial charge in [0.05, 0.1) is 4.90 Å². The Balaban J connectivity index is 2.07. The van der Waals surface area contributed by atoms with Gasteiger partial charge in [0, 0.05) is 18.0 Å². The number of hydrogen-bond acceptors (Lipinski definition) is 4. The smallest absolute Gasteiger partial charge is 0.241 e. The summed E-state index contributed by atoms with van der Waals surface area (Å²) < 4.78 is 27.5. The highest BCUT2D eigenvalue weighted by molar-refractivity contribution is 7.89. The first-order valence-corrected chi connectivity index (χ1v) is 9.10. The largest absolute Gasteiger partial charge is 0.315 e. The van der Waals surface area contributed by atoms with Gasteiger partial charge in [-0.05, 0) is 43.2 Å². The number of rotatable bonds is 7. The van der Waals surface area contributed by atoms with Gasteiger partial charge < -0.3 is 5.32 Å². The summed E-state index contributed by atoms with van der Waals surface area (Å²) in [4.78, 5) is 1.30. The van der Waals surface area contributed by atoms with Crippen molar-refractivity contribution in [2.75, 3.05) is 13.6 Å². The molecule has 0 atom stereocenters. The summed E-state index contributed by atoms with van der Waals surface area (Å²) in [6.07, 6.45) is 4.54. The van der Waals surface area contributed by atoms with E-state index in [0.29, 0.717) is 18.0 Å². The second kappa shape index (κ2) is 5.91. The highest BCUT2D eigenvalue weighted by atomic mass is 32.2. The quantitative estimate of drug-likeness (QED) is 0.813. The van der Waals surface area contributed by atoms with E-state index >= 15 is 0 Å². The average molecular weight is 302 g/mol. The van der Waals surface area contributed by atoms with Crippen LogP contribution in [-0.2, 0) is 16.6 Å². The molecule has 0 unspecified atom stereocenters. The Morgan fingerprint density at radius 3 is 2.68 bits per heavy atom. The van der Waals surface area contributed by atoms with Gasteiger partial charge in [0.1, 0.15) is 0 Å². The molecule has 0 radical (unpaired) electrons. The van der Waals surface area contributed by atoms with Gasteiger partial charge >= 0.3 is 0 Å². The molecule has 1 aromatic rings. The molecule has 0 amide bonds. The SMILES string of the molecule is CCC1(CNS(=O)(=O)c2ccsc2CNC)CCC1. The summed E-state index contributed by atoms with van der Waals surface area (Å²) in [5, 5.41) is 4.84. The third kappa shape index (κ3) is 3.18. The van der Waals surface area contributed by atoms with E-state index in [2.05, 4.69) is 17.0 Å². The molecule has 0 saturated heterocycles. The number of thiophene rings is 1. The average Bonchev–Trinajstić information content (AvgIpc) is 2.78. The molecule has 1 saturated carbocycles. The molecule has 0 aliphatic heterocycles. The van der Waals surface area contributed by atoms with Crippen molar-refractivity contribution in [2.24, 2.45) is 5.41 Å². The van der Waals surface area contributed by atoms with Crippen molar-refractivity contribution in [3.05, 3.63) is 16.3 Å². The van der Waals surface area contributed by atoms with E-state index in [1.54, 1.807) is 6.07 Å². The molecule has 0 spiro atoms. The summed E-state index contributed by atoms with van der Waals surface area (Å²) in [6.45, 7) is 3.30. The molecule has 1 aromatic heterocycles. The van der Waals surface area contributed by atoms with Crippen LogP contribution in [0.3, 0.4) is 0 Å². The zero-order valence-electron chi connectivity index (χ0n) is 11.5. The van der Waals surface area contributed by atoms with Crippen LogP contribution in [0.25, 0.3) is 0 Å². The molecular formula is C13H22N2O2S2. The maximum Gasteiger partial charge on any atom is 0.241 e. The lowest BCUT2D eigenvalue weighted by molar-refractivity contribution is 0.133. The summed E-state index contributed by atoms with van der Waals surface area (Å²) >= 11 is 1.48. The van der Waals surface area contributed by atoms with Gasteiger partial charge in [-0.15, -0.1) is 11.3 Å². The van der Waals surface area contributed by atoms with Crippen molar-refractivity contribution in [1.82, 2.24) is 10.0 Å². The molecular weight excluding hydrogens is 280 g/mol. The topological polar surface area (TPSA) is 58.2 Å². The van der Waals surface area contributed by atoms with Gasteiger partial charge in [-0.3, -0.25) is 0 Å². The van der Waals surface area contributed by atoms with Gasteiger partial charge in [-0.25, -0.2) is 13.1 Å². The first-order valence-electron chi connectivity index (χ1n) is 6.74. The van der Waals surface area contributed by atoms with Gasteiger partial charge in [0.15, 0.2) is 0 Å². The molecule has 4 nitrogen and oxygen atoms in total. The number of nitrogens with one attached hydrogen (secondary N) is 2.